The largest absolute Gasteiger partial charge is 0.548 e. The molecule has 2 rings (SSSR count). The number of nitrogens with one attached hydrogen (secondary N) is 2. The number of hydrogen-bond donors (Lipinski definition) is 2. The lowest BCUT2D eigenvalue weighted by Crippen LogP contribution is -2.43. The van der Waals surface area contributed by atoms with Crippen molar-refractivity contribution >= 4 is 29.3 Å². The first-order valence-corrected chi connectivity index (χ1v) is 6.53. The monoisotopic (exact) mass is 303 g/mol. The summed E-state index contributed by atoms with van der Waals surface area (Å²) in [7, 11) is 0. The minimum Gasteiger partial charge on any atom is -0.548 e. The number of carboxylic acid groups (broad SMARTS) is 1. The van der Waals surface area contributed by atoms with Gasteiger partial charge in [0.1, 0.15) is 0 Å². The maximum atomic E-state index is 11.8. The van der Waals surface area contributed by atoms with E-state index in [1.54, 1.807) is 54.6 Å². The summed E-state index contributed by atoms with van der Waals surface area (Å²) in [5.74, 6) is -1.38. The number of hydrogen-bond acceptors (Lipinski definition) is 3. The maximum Gasteiger partial charge on any atom is 0.320 e. The van der Waals surface area contributed by atoms with Crippen LogP contribution in [0, 0.1) is 0 Å². The molecule has 0 radical (unpaired) electrons. The Labute approximate surface area is 126 Å². The van der Waals surface area contributed by atoms with Crippen molar-refractivity contribution in [3.05, 3.63) is 65.2 Å². The zero-order valence-electron chi connectivity index (χ0n) is 10.9. The molecule has 5 nitrogen and oxygen atoms in total. The standard InChI is InChI=1S/C15H13ClN2O3/c16-11-6-8-12(9-7-11)17-15(21)18-13(14(19)20)10-4-2-1-3-5-10/h1-9,13H,(H,19,20)(H2,17,18,21)/p-1/t13-/m0/s1. The number of rotatable bonds is 4. The third kappa shape index (κ3) is 4.22. The van der Waals surface area contributed by atoms with Gasteiger partial charge in [-0.05, 0) is 29.8 Å². The van der Waals surface area contributed by atoms with Crippen LogP contribution < -0.4 is 15.7 Å². The molecule has 0 aromatic heterocycles. The first-order chi connectivity index (χ1) is 10.1. The van der Waals surface area contributed by atoms with Gasteiger partial charge in [0, 0.05) is 10.7 Å². The van der Waals surface area contributed by atoms with Gasteiger partial charge in [-0.25, -0.2) is 4.79 Å². The van der Waals surface area contributed by atoms with Gasteiger partial charge in [0.25, 0.3) is 0 Å². The van der Waals surface area contributed by atoms with Crippen LogP contribution in [-0.2, 0) is 4.79 Å². The molecule has 21 heavy (non-hydrogen) atoms. The number of aliphatic carboxylic acids is 1. The third-order valence-corrected chi connectivity index (χ3v) is 3.00. The molecule has 2 N–H and O–H groups in total. The SMILES string of the molecule is O=C(Nc1ccc(Cl)cc1)N[C@H](C(=O)[O-])c1ccccc1. The van der Waals surface area contributed by atoms with Crippen molar-refractivity contribution in [2.75, 3.05) is 5.32 Å². The van der Waals surface area contributed by atoms with Crippen LogP contribution in [0.15, 0.2) is 54.6 Å². The normalized spacial score (nSPS) is 11.5. The van der Waals surface area contributed by atoms with E-state index in [9.17, 15) is 14.7 Å². The number of carbonyl (C=O) groups is 2. The first kappa shape index (κ1) is 14.9. The van der Waals surface area contributed by atoms with Crippen molar-refractivity contribution in [3.63, 3.8) is 0 Å². The molecular formula is C15H12ClN2O3-. The molecule has 1 atom stereocenters. The van der Waals surface area contributed by atoms with Crippen molar-refractivity contribution in [1.29, 1.82) is 0 Å². The van der Waals surface area contributed by atoms with Crippen molar-refractivity contribution < 1.29 is 14.7 Å². The maximum absolute atomic E-state index is 11.8. The molecule has 0 saturated carbocycles. The van der Waals surface area contributed by atoms with Gasteiger partial charge >= 0.3 is 6.03 Å². The Kier molecular flexibility index (Phi) is 4.79. The van der Waals surface area contributed by atoms with Gasteiger partial charge in [-0.15, -0.1) is 0 Å². The number of urea groups is 1. The Balaban J connectivity index is 2.05. The van der Waals surface area contributed by atoms with Crippen LogP contribution in [-0.4, -0.2) is 12.0 Å². The molecule has 6 heteroatoms. The predicted molar refractivity (Wildman–Crippen MR) is 77.8 cm³/mol. The molecular weight excluding hydrogens is 292 g/mol. The summed E-state index contributed by atoms with van der Waals surface area (Å²) >= 11 is 5.74. The molecule has 2 aromatic carbocycles. The highest BCUT2D eigenvalue weighted by atomic mass is 35.5. The summed E-state index contributed by atoms with van der Waals surface area (Å²) in [6, 6.07) is 12.9. The fourth-order valence-electron chi connectivity index (χ4n) is 1.76. The smallest absolute Gasteiger partial charge is 0.320 e. The Morgan fingerprint density at radius 2 is 1.62 bits per heavy atom. The second-order valence-corrected chi connectivity index (χ2v) is 4.70. The van der Waals surface area contributed by atoms with Gasteiger partial charge < -0.3 is 20.5 Å². The van der Waals surface area contributed by atoms with Gasteiger partial charge in [-0.3, -0.25) is 0 Å². The van der Waals surface area contributed by atoms with Crippen LogP contribution in [0.2, 0.25) is 5.02 Å². The van der Waals surface area contributed by atoms with E-state index in [4.69, 9.17) is 11.6 Å². The fourth-order valence-corrected chi connectivity index (χ4v) is 1.88. The molecule has 0 saturated heterocycles. The van der Waals surface area contributed by atoms with E-state index >= 15 is 0 Å². The topological polar surface area (TPSA) is 81.3 Å². The second-order valence-electron chi connectivity index (χ2n) is 4.27. The third-order valence-electron chi connectivity index (χ3n) is 2.75. The Bertz CT molecular complexity index is 629. The number of carbonyl (C=O) groups excluding carboxylic acids is 2. The molecule has 0 aliphatic heterocycles. The summed E-state index contributed by atoms with van der Waals surface area (Å²) in [5.41, 5.74) is 0.936. The van der Waals surface area contributed by atoms with Gasteiger partial charge in [0.05, 0.1) is 12.0 Å². The number of amides is 2. The summed E-state index contributed by atoms with van der Waals surface area (Å²) in [5, 5.41) is 16.6. The van der Waals surface area contributed by atoms with E-state index in [0.29, 0.717) is 16.3 Å². The van der Waals surface area contributed by atoms with Crippen molar-refractivity contribution in [2.45, 2.75) is 6.04 Å². The van der Waals surface area contributed by atoms with E-state index in [-0.39, 0.29) is 0 Å². The van der Waals surface area contributed by atoms with Crippen LogP contribution in [0.1, 0.15) is 11.6 Å². The lowest BCUT2D eigenvalue weighted by Gasteiger charge is -2.20. The van der Waals surface area contributed by atoms with E-state index in [0.717, 1.165) is 0 Å². The number of carboxylic acids is 1. The average Bonchev–Trinajstić information content (AvgIpc) is 2.48. The van der Waals surface area contributed by atoms with E-state index < -0.39 is 18.0 Å². The van der Waals surface area contributed by atoms with Gasteiger partial charge in [0.2, 0.25) is 0 Å². The van der Waals surface area contributed by atoms with E-state index in [1.165, 1.54) is 0 Å². The molecule has 108 valence electrons. The summed E-state index contributed by atoms with van der Waals surface area (Å²) < 4.78 is 0. The lowest BCUT2D eigenvalue weighted by molar-refractivity contribution is -0.308. The predicted octanol–water partition coefficient (Wildman–Crippen LogP) is 1.95. The summed E-state index contributed by atoms with van der Waals surface area (Å²) in [4.78, 5) is 23.0. The first-order valence-electron chi connectivity index (χ1n) is 6.15. The highest BCUT2D eigenvalue weighted by molar-refractivity contribution is 6.30. The average molecular weight is 304 g/mol. The van der Waals surface area contributed by atoms with Crippen LogP contribution in [0.4, 0.5) is 10.5 Å². The van der Waals surface area contributed by atoms with Crippen LogP contribution in [0.25, 0.3) is 0 Å². The molecule has 0 unspecified atom stereocenters. The number of halogens is 1. The minimum absolute atomic E-state index is 0.434. The molecule has 2 amide bonds. The highest BCUT2D eigenvalue weighted by Gasteiger charge is 2.15. The molecule has 0 bridgehead atoms. The fraction of sp³-hybridized carbons (Fsp3) is 0.0667. The quantitative estimate of drug-likeness (QED) is 0.906. The van der Waals surface area contributed by atoms with Crippen LogP contribution in [0.5, 0.6) is 0 Å². The minimum atomic E-state index is -1.38. The van der Waals surface area contributed by atoms with Crippen molar-refractivity contribution in [3.8, 4) is 0 Å². The summed E-state index contributed by atoms with van der Waals surface area (Å²) in [6.45, 7) is 0. The Morgan fingerprint density at radius 1 is 1.00 bits per heavy atom. The lowest BCUT2D eigenvalue weighted by atomic mass is 10.1. The van der Waals surface area contributed by atoms with E-state index in [2.05, 4.69) is 10.6 Å². The van der Waals surface area contributed by atoms with Crippen molar-refractivity contribution in [2.24, 2.45) is 0 Å². The second kappa shape index (κ2) is 6.76. The molecule has 0 aliphatic rings. The van der Waals surface area contributed by atoms with Crippen LogP contribution in [0.3, 0.4) is 0 Å². The number of anilines is 1. The van der Waals surface area contributed by atoms with Gasteiger partial charge in [-0.1, -0.05) is 41.9 Å². The van der Waals surface area contributed by atoms with Crippen LogP contribution >= 0.6 is 11.6 Å². The molecule has 2 aromatic rings. The van der Waals surface area contributed by atoms with Gasteiger partial charge in [-0.2, -0.15) is 0 Å². The Morgan fingerprint density at radius 3 is 2.19 bits per heavy atom. The molecule has 0 aliphatic carbocycles. The molecule has 0 spiro atoms. The van der Waals surface area contributed by atoms with E-state index in [1.807, 2.05) is 0 Å². The summed E-state index contributed by atoms with van der Waals surface area (Å²) in [6.07, 6.45) is 0. The van der Waals surface area contributed by atoms with Gasteiger partial charge in [0.15, 0.2) is 0 Å². The highest BCUT2D eigenvalue weighted by Crippen LogP contribution is 2.15. The molecule has 0 fully saturated rings. The van der Waals surface area contributed by atoms with Crippen molar-refractivity contribution in [1.82, 2.24) is 5.32 Å². The zero-order valence-corrected chi connectivity index (χ0v) is 11.6. The Hall–Kier alpha value is -2.53. The number of benzene rings is 2. The molecule has 0 heterocycles. The zero-order chi connectivity index (χ0) is 15.2.